The van der Waals surface area contributed by atoms with E-state index < -0.39 is 22.5 Å². The lowest BCUT2D eigenvalue weighted by Gasteiger charge is -2.04. The van der Waals surface area contributed by atoms with E-state index in [1.807, 2.05) is 0 Å². The van der Waals surface area contributed by atoms with Crippen molar-refractivity contribution in [2.45, 2.75) is 6.54 Å². The summed E-state index contributed by atoms with van der Waals surface area (Å²) in [5, 5.41) is 17.5. The van der Waals surface area contributed by atoms with Gasteiger partial charge in [-0.15, -0.1) is 0 Å². The maximum atomic E-state index is 12.1. The van der Waals surface area contributed by atoms with E-state index in [1.165, 1.54) is 36.2 Å². The Morgan fingerprint density at radius 2 is 2.17 bits per heavy atom. The van der Waals surface area contributed by atoms with Crippen molar-refractivity contribution in [1.29, 1.82) is 0 Å². The summed E-state index contributed by atoms with van der Waals surface area (Å²) in [5.74, 6) is -1.07. The fraction of sp³-hybridized carbons (Fsp3) is 0.154. The van der Waals surface area contributed by atoms with Gasteiger partial charge in [0.2, 0.25) is 0 Å². The maximum Gasteiger partial charge on any atom is 0.327 e. The lowest BCUT2D eigenvalue weighted by Crippen LogP contribution is -2.16. The van der Waals surface area contributed by atoms with Gasteiger partial charge in [-0.25, -0.2) is 0 Å². The van der Waals surface area contributed by atoms with Crippen molar-refractivity contribution in [3.63, 3.8) is 0 Å². The van der Waals surface area contributed by atoms with Gasteiger partial charge >= 0.3 is 5.97 Å². The van der Waals surface area contributed by atoms with Gasteiger partial charge in [-0.3, -0.25) is 24.4 Å². The number of ether oxygens (including phenoxy) is 1. The van der Waals surface area contributed by atoms with Gasteiger partial charge < -0.3 is 10.1 Å². The summed E-state index contributed by atoms with van der Waals surface area (Å²) in [5.41, 5.74) is -0.564. The van der Waals surface area contributed by atoms with Gasteiger partial charge in [0, 0.05) is 23.4 Å². The molecule has 9 nitrogen and oxygen atoms in total. The summed E-state index contributed by atoms with van der Waals surface area (Å²) in [7, 11) is 1.24. The average Bonchev–Trinajstić information content (AvgIpc) is 2.93. The van der Waals surface area contributed by atoms with E-state index in [-0.39, 0.29) is 22.9 Å². The highest BCUT2D eigenvalue weighted by molar-refractivity contribution is 6.31. The zero-order valence-corrected chi connectivity index (χ0v) is 12.6. The van der Waals surface area contributed by atoms with Crippen molar-refractivity contribution in [2.75, 3.05) is 12.4 Å². The van der Waals surface area contributed by atoms with Crippen LogP contribution in [-0.2, 0) is 16.1 Å². The summed E-state index contributed by atoms with van der Waals surface area (Å²) in [4.78, 5) is 33.6. The third kappa shape index (κ3) is 4.04. The van der Waals surface area contributed by atoms with Crippen molar-refractivity contribution < 1.29 is 19.2 Å². The number of methoxy groups -OCH3 is 1. The molecular formula is C13H11ClN4O5. The molecule has 1 amide bonds. The van der Waals surface area contributed by atoms with Crippen LogP contribution in [0.3, 0.4) is 0 Å². The molecule has 0 fully saturated rings. The number of amides is 1. The first kappa shape index (κ1) is 16.4. The van der Waals surface area contributed by atoms with Crippen LogP contribution in [0.4, 0.5) is 11.5 Å². The van der Waals surface area contributed by atoms with Crippen LogP contribution in [0.15, 0.2) is 30.5 Å². The summed E-state index contributed by atoms with van der Waals surface area (Å²) in [6, 6.07) is 5.16. The van der Waals surface area contributed by atoms with Crippen LogP contribution in [0.5, 0.6) is 0 Å². The summed E-state index contributed by atoms with van der Waals surface area (Å²) >= 11 is 5.70. The minimum atomic E-state index is -0.711. The second kappa shape index (κ2) is 6.88. The normalized spacial score (nSPS) is 10.2. The number of nitro groups is 1. The summed E-state index contributed by atoms with van der Waals surface area (Å²) < 4.78 is 5.75. The molecule has 0 radical (unpaired) electrons. The van der Waals surface area contributed by atoms with E-state index in [0.29, 0.717) is 0 Å². The number of nitrogens with one attached hydrogen (secondary N) is 1. The number of carbonyl (C=O) groups excluding carboxylic acids is 2. The third-order valence-electron chi connectivity index (χ3n) is 2.80. The summed E-state index contributed by atoms with van der Waals surface area (Å²) in [6.07, 6.45) is 1.46. The molecule has 1 N–H and O–H groups in total. The Hall–Kier alpha value is -2.94. The molecule has 0 saturated carbocycles. The highest BCUT2D eigenvalue weighted by Crippen LogP contribution is 2.24. The first-order chi connectivity index (χ1) is 10.9. The molecule has 0 atom stereocenters. The Kier molecular flexibility index (Phi) is 4.91. The average molecular weight is 339 g/mol. The Morgan fingerprint density at radius 1 is 1.43 bits per heavy atom. The zero-order chi connectivity index (χ0) is 17.0. The minimum Gasteiger partial charge on any atom is -0.468 e. The molecular weight excluding hydrogens is 328 g/mol. The van der Waals surface area contributed by atoms with Crippen molar-refractivity contribution in [1.82, 2.24) is 9.78 Å². The highest BCUT2D eigenvalue weighted by atomic mass is 35.5. The van der Waals surface area contributed by atoms with E-state index in [1.54, 1.807) is 0 Å². The molecule has 0 saturated heterocycles. The van der Waals surface area contributed by atoms with Crippen LogP contribution in [0.2, 0.25) is 5.02 Å². The number of halogens is 1. The molecule has 1 aromatic carbocycles. The van der Waals surface area contributed by atoms with Crippen LogP contribution in [0.1, 0.15) is 10.4 Å². The van der Waals surface area contributed by atoms with Crippen molar-refractivity contribution >= 4 is 35.0 Å². The van der Waals surface area contributed by atoms with Gasteiger partial charge in [-0.05, 0) is 12.1 Å². The van der Waals surface area contributed by atoms with E-state index >= 15 is 0 Å². The lowest BCUT2D eigenvalue weighted by atomic mass is 10.1. The molecule has 0 unspecified atom stereocenters. The number of rotatable bonds is 5. The molecule has 10 heteroatoms. The van der Waals surface area contributed by atoms with E-state index in [4.69, 9.17) is 11.6 Å². The number of esters is 1. The van der Waals surface area contributed by atoms with Crippen LogP contribution >= 0.6 is 11.6 Å². The number of hydrogen-bond donors (Lipinski definition) is 1. The van der Waals surface area contributed by atoms with Crippen LogP contribution < -0.4 is 5.32 Å². The molecule has 2 rings (SSSR count). The van der Waals surface area contributed by atoms with Gasteiger partial charge in [-0.1, -0.05) is 11.6 Å². The number of carbonyl (C=O) groups is 2. The van der Waals surface area contributed by atoms with Crippen molar-refractivity contribution in [3.8, 4) is 0 Å². The fourth-order valence-electron chi connectivity index (χ4n) is 1.74. The van der Waals surface area contributed by atoms with Gasteiger partial charge in [-0.2, -0.15) is 5.10 Å². The van der Waals surface area contributed by atoms with Crippen LogP contribution in [0.25, 0.3) is 0 Å². The number of nitrogens with zero attached hydrogens (tertiary/aromatic N) is 3. The predicted molar refractivity (Wildman–Crippen MR) is 80.3 cm³/mol. The van der Waals surface area contributed by atoms with Gasteiger partial charge in [0.15, 0.2) is 5.82 Å². The van der Waals surface area contributed by atoms with E-state index in [0.717, 1.165) is 6.07 Å². The molecule has 120 valence electrons. The van der Waals surface area contributed by atoms with Gasteiger partial charge in [0.25, 0.3) is 11.6 Å². The summed E-state index contributed by atoms with van der Waals surface area (Å²) in [6.45, 7) is -0.118. The molecule has 1 aromatic heterocycles. The predicted octanol–water partition coefficient (Wildman–Crippen LogP) is 1.87. The van der Waals surface area contributed by atoms with Crippen LogP contribution in [0, 0.1) is 10.1 Å². The minimum absolute atomic E-state index is 0.118. The first-order valence-electron chi connectivity index (χ1n) is 6.26. The smallest absolute Gasteiger partial charge is 0.327 e. The Morgan fingerprint density at radius 3 is 2.83 bits per heavy atom. The Balaban J connectivity index is 2.17. The molecule has 0 bridgehead atoms. The molecule has 0 aliphatic rings. The zero-order valence-electron chi connectivity index (χ0n) is 11.9. The number of hydrogen-bond acceptors (Lipinski definition) is 6. The topological polar surface area (TPSA) is 116 Å². The lowest BCUT2D eigenvalue weighted by molar-refractivity contribution is -0.385. The van der Waals surface area contributed by atoms with E-state index in [2.05, 4.69) is 15.2 Å². The standard InChI is InChI=1S/C13H11ClN4O5/c1-23-12(19)7-17-5-4-11(16-17)15-13(20)9-3-2-8(14)6-10(9)18(21)22/h2-6H,7H2,1H3,(H,15,16,20). The SMILES string of the molecule is COC(=O)Cn1ccc(NC(=O)c2ccc(Cl)cc2[N+](=O)[O-])n1. The number of aromatic nitrogens is 2. The fourth-order valence-corrected chi connectivity index (χ4v) is 1.91. The number of benzene rings is 1. The first-order valence-corrected chi connectivity index (χ1v) is 6.64. The molecule has 1 heterocycles. The van der Waals surface area contributed by atoms with Crippen LogP contribution in [-0.4, -0.2) is 33.7 Å². The highest BCUT2D eigenvalue weighted by Gasteiger charge is 2.21. The Bertz CT molecular complexity index is 773. The van der Waals surface area contributed by atoms with Crippen molar-refractivity contribution in [2.24, 2.45) is 0 Å². The third-order valence-corrected chi connectivity index (χ3v) is 3.04. The molecule has 0 aliphatic carbocycles. The second-order valence-electron chi connectivity index (χ2n) is 4.35. The molecule has 0 spiro atoms. The molecule has 23 heavy (non-hydrogen) atoms. The molecule has 2 aromatic rings. The number of nitro benzene ring substituents is 1. The van der Waals surface area contributed by atoms with Gasteiger partial charge in [0.05, 0.1) is 12.0 Å². The van der Waals surface area contributed by atoms with Crippen molar-refractivity contribution in [3.05, 3.63) is 51.2 Å². The van der Waals surface area contributed by atoms with Gasteiger partial charge in [0.1, 0.15) is 12.1 Å². The second-order valence-corrected chi connectivity index (χ2v) is 4.78. The Labute approximate surface area is 134 Å². The largest absolute Gasteiger partial charge is 0.468 e. The maximum absolute atomic E-state index is 12.1. The monoisotopic (exact) mass is 338 g/mol. The van der Waals surface area contributed by atoms with E-state index in [9.17, 15) is 19.7 Å². The number of anilines is 1. The molecule has 0 aliphatic heterocycles. The quantitative estimate of drug-likeness (QED) is 0.505.